The first-order chi connectivity index (χ1) is 29.9. The molecule has 14 nitrogen and oxygen atoms in total. The lowest BCUT2D eigenvalue weighted by molar-refractivity contribution is -0.134. The number of anilines is 5. The molecule has 3 amide bonds. The first-order valence-corrected chi connectivity index (χ1v) is 23.7. The number of para-hydroxylation sites is 1. The van der Waals surface area contributed by atoms with Crippen LogP contribution in [0, 0.1) is 12.8 Å². The van der Waals surface area contributed by atoms with E-state index in [1.54, 1.807) is 16.8 Å². The fourth-order valence-electron chi connectivity index (χ4n) is 10.2. The van der Waals surface area contributed by atoms with Crippen LogP contribution in [0.1, 0.15) is 88.7 Å². The van der Waals surface area contributed by atoms with Gasteiger partial charge < -0.3 is 24.9 Å². The van der Waals surface area contributed by atoms with E-state index in [9.17, 15) is 23.4 Å². The smallest absolute Gasteiger partial charge is 0.271 e. The number of fused-ring (bicyclic) bond motifs is 1. The van der Waals surface area contributed by atoms with E-state index < -0.39 is 22.7 Å². The molecular weight excluding hydrogens is 826 g/mol. The van der Waals surface area contributed by atoms with Gasteiger partial charge in [-0.05, 0) is 126 Å². The summed E-state index contributed by atoms with van der Waals surface area (Å²) in [7, 11) is 4.86. The zero-order chi connectivity index (χ0) is 43.7. The van der Waals surface area contributed by atoms with Gasteiger partial charge in [-0.15, -0.1) is 0 Å². The largest absolute Gasteiger partial charge is 0.374 e. The molecule has 2 aromatic heterocycles. The van der Waals surface area contributed by atoms with E-state index in [1.807, 2.05) is 56.3 Å². The molecule has 330 valence electrons. The third-order valence-electron chi connectivity index (χ3n) is 13.5. The topological polar surface area (TPSA) is 153 Å². The van der Waals surface area contributed by atoms with Crippen molar-refractivity contribution in [3.8, 4) is 0 Å². The van der Waals surface area contributed by atoms with Crippen LogP contribution in [0.3, 0.4) is 0 Å². The Bertz CT molecular complexity index is 2410. The maximum absolute atomic E-state index is 13.9. The molecule has 62 heavy (non-hydrogen) atoms. The maximum atomic E-state index is 13.9. The molecule has 0 spiro atoms. The Labute approximate surface area is 370 Å². The van der Waals surface area contributed by atoms with Crippen molar-refractivity contribution < 1.29 is 18.6 Å². The second-order valence-corrected chi connectivity index (χ2v) is 19.9. The molecule has 4 aromatic rings. The molecule has 2 aliphatic heterocycles. The minimum Gasteiger partial charge on any atom is -0.374 e. The van der Waals surface area contributed by atoms with Gasteiger partial charge in [0.05, 0.1) is 27.9 Å². The SMILES string of the molecule is Cc1cc(S(=O)C2CCC(N3CCC(CN(C)c4cccc(N(C=O)C5CCC(=O)NC5=O)c4N(C)C)CC3)CC2)ccc1Nc1ncc2cc(Cl)c(=O)n(C3CCCC3)c2n1. The lowest BCUT2D eigenvalue weighted by atomic mass is 9.89. The van der Waals surface area contributed by atoms with Crippen LogP contribution in [-0.4, -0.2) is 100.0 Å². The number of carbonyl (C=O) groups excluding carboxylic acids is 3. The number of pyridine rings is 1. The standard InChI is InChI=1S/C46H58ClN9O5S/c1-29-24-35(16-17-37(29)49-46-48-26-31-25-36(47)45(60)56(43(31)51-46)33-8-5-6-9-33)62(61)34-14-12-32(13-15-34)54-22-20-30(21-23-54)27-53(4)38-10-7-11-39(42(38)52(2)3)55(28-57)40-18-19-41(58)50-44(40)59/h7,10-11,16-17,24-26,28,30,32-34,40H,5-6,8-9,12-15,18-23,27H2,1-4H3,(H,48,49,51)(H,50,58,59). The van der Waals surface area contributed by atoms with Crippen LogP contribution in [0.15, 0.2) is 58.4 Å². The summed E-state index contributed by atoms with van der Waals surface area (Å²) in [6.45, 7) is 4.93. The van der Waals surface area contributed by atoms with E-state index in [-0.39, 0.29) is 40.6 Å². The van der Waals surface area contributed by atoms with Crippen LogP contribution >= 0.6 is 11.6 Å². The van der Waals surface area contributed by atoms with E-state index in [0.29, 0.717) is 35.7 Å². The summed E-state index contributed by atoms with van der Waals surface area (Å²) in [5, 5.41) is 6.75. The lowest BCUT2D eigenvalue weighted by Gasteiger charge is -2.41. The average molecular weight is 885 g/mol. The van der Waals surface area contributed by atoms with Crippen molar-refractivity contribution in [2.75, 3.05) is 60.8 Å². The highest BCUT2D eigenvalue weighted by molar-refractivity contribution is 7.85. The van der Waals surface area contributed by atoms with Gasteiger partial charge in [0.15, 0.2) is 0 Å². The Morgan fingerprint density at radius 3 is 2.32 bits per heavy atom. The third kappa shape index (κ3) is 9.12. The van der Waals surface area contributed by atoms with Gasteiger partial charge in [0.25, 0.3) is 5.56 Å². The van der Waals surface area contributed by atoms with Crippen LogP contribution in [0.25, 0.3) is 11.0 Å². The van der Waals surface area contributed by atoms with Gasteiger partial charge in [0.2, 0.25) is 24.2 Å². The molecule has 2 unspecified atom stereocenters. The number of piperidine rings is 2. The molecule has 8 rings (SSSR count). The van der Waals surface area contributed by atoms with Crippen molar-refractivity contribution >= 4 is 80.4 Å². The number of likely N-dealkylation sites (tertiary alicyclic amines) is 1. The van der Waals surface area contributed by atoms with Gasteiger partial charge in [-0.25, -0.2) is 4.98 Å². The average Bonchev–Trinajstić information content (AvgIpc) is 3.80. The number of benzene rings is 2. The Kier molecular flexibility index (Phi) is 13.3. The van der Waals surface area contributed by atoms with Gasteiger partial charge in [0.1, 0.15) is 16.7 Å². The molecule has 2 N–H and O–H groups in total. The number of aromatic nitrogens is 3. The molecule has 0 radical (unpaired) electrons. The third-order valence-corrected chi connectivity index (χ3v) is 15.6. The quantitative estimate of drug-likeness (QED) is 0.109. The highest BCUT2D eigenvalue weighted by atomic mass is 35.5. The molecule has 4 fully saturated rings. The monoisotopic (exact) mass is 883 g/mol. The molecule has 2 aromatic carbocycles. The number of amides is 3. The lowest BCUT2D eigenvalue weighted by Crippen LogP contribution is -2.52. The summed E-state index contributed by atoms with van der Waals surface area (Å²) >= 11 is 6.33. The summed E-state index contributed by atoms with van der Waals surface area (Å²) in [6.07, 6.45) is 13.0. The first-order valence-electron chi connectivity index (χ1n) is 22.1. The molecule has 4 aliphatic rings. The minimum atomic E-state index is -1.12. The Balaban J connectivity index is 0.842. The number of halogens is 1. The van der Waals surface area contributed by atoms with Crippen LogP contribution in [0.4, 0.5) is 28.7 Å². The van der Waals surface area contributed by atoms with Gasteiger partial charge in [-0.3, -0.25) is 33.3 Å². The second-order valence-electron chi connectivity index (χ2n) is 17.8. The van der Waals surface area contributed by atoms with Crippen LogP contribution in [-0.2, 0) is 25.2 Å². The molecule has 0 bridgehead atoms. The van der Waals surface area contributed by atoms with Crippen LogP contribution in [0.2, 0.25) is 5.02 Å². The van der Waals surface area contributed by atoms with Crippen molar-refractivity contribution in [2.24, 2.45) is 5.92 Å². The van der Waals surface area contributed by atoms with E-state index in [2.05, 4.69) is 38.5 Å². The van der Waals surface area contributed by atoms with Crippen LogP contribution in [0.5, 0.6) is 0 Å². The van der Waals surface area contributed by atoms with Gasteiger partial charge in [0, 0.05) is 73.6 Å². The summed E-state index contributed by atoms with van der Waals surface area (Å²) in [5.41, 5.74) is 4.64. The van der Waals surface area contributed by atoms with Gasteiger partial charge >= 0.3 is 0 Å². The summed E-state index contributed by atoms with van der Waals surface area (Å²) in [4.78, 5) is 68.6. The van der Waals surface area contributed by atoms with Crippen LogP contribution < -0.4 is 30.9 Å². The van der Waals surface area contributed by atoms with Gasteiger partial charge in [-0.1, -0.05) is 30.5 Å². The van der Waals surface area contributed by atoms with Crippen molar-refractivity contribution in [2.45, 2.75) is 112 Å². The number of hydrogen-bond acceptors (Lipinski definition) is 11. The Morgan fingerprint density at radius 2 is 1.65 bits per heavy atom. The number of carbonyl (C=O) groups is 3. The zero-order valence-electron chi connectivity index (χ0n) is 36.1. The highest BCUT2D eigenvalue weighted by Crippen LogP contribution is 2.40. The number of hydrogen-bond donors (Lipinski definition) is 2. The molecule has 2 saturated heterocycles. The highest BCUT2D eigenvalue weighted by Gasteiger charge is 2.35. The van der Waals surface area contributed by atoms with E-state index >= 15 is 0 Å². The van der Waals surface area contributed by atoms with Crippen molar-refractivity contribution in [1.29, 1.82) is 0 Å². The van der Waals surface area contributed by atoms with E-state index in [0.717, 1.165) is 117 Å². The predicted molar refractivity (Wildman–Crippen MR) is 246 cm³/mol. The number of imide groups is 1. The van der Waals surface area contributed by atoms with E-state index in [4.69, 9.17) is 16.6 Å². The summed E-state index contributed by atoms with van der Waals surface area (Å²) < 4.78 is 15.7. The molecule has 2 atom stereocenters. The molecule has 2 aliphatic carbocycles. The molecular formula is C46H58ClN9O5S. The molecule has 16 heteroatoms. The number of nitrogens with zero attached hydrogens (tertiary/aromatic N) is 7. The first kappa shape index (κ1) is 43.8. The minimum absolute atomic E-state index is 0.0803. The maximum Gasteiger partial charge on any atom is 0.271 e. The summed E-state index contributed by atoms with van der Waals surface area (Å²) in [5.74, 6) is 0.140. The number of rotatable bonds is 13. The fraction of sp³-hybridized carbons (Fsp3) is 0.522. The van der Waals surface area contributed by atoms with Crippen molar-refractivity contribution in [3.05, 3.63) is 69.6 Å². The number of aryl methyl sites for hydroxylation is 1. The Morgan fingerprint density at radius 1 is 0.919 bits per heavy atom. The summed E-state index contributed by atoms with van der Waals surface area (Å²) in [6, 6.07) is 13.2. The normalized spacial score (nSPS) is 22.0. The van der Waals surface area contributed by atoms with Crippen molar-refractivity contribution in [1.82, 2.24) is 24.8 Å². The van der Waals surface area contributed by atoms with Gasteiger partial charge in [-0.2, -0.15) is 4.98 Å². The molecule has 2 saturated carbocycles. The predicted octanol–water partition coefficient (Wildman–Crippen LogP) is 6.71. The zero-order valence-corrected chi connectivity index (χ0v) is 37.7. The van der Waals surface area contributed by atoms with E-state index in [1.165, 1.54) is 4.90 Å². The van der Waals surface area contributed by atoms with Crippen molar-refractivity contribution in [3.63, 3.8) is 0 Å². The molecule has 4 heterocycles. The fourth-order valence-corrected chi connectivity index (χ4v) is 12.0. The Hall–Kier alpha value is -4.86. The number of nitrogens with one attached hydrogen (secondary N) is 2. The second kappa shape index (κ2) is 18.9.